The van der Waals surface area contributed by atoms with Crippen molar-refractivity contribution in [2.45, 2.75) is 0 Å². The van der Waals surface area contributed by atoms with Gasteiger partial charge in [0.2, 0.25) is 0 Å². The Morgan fingerprint density at radius 1 is 0.889 bits per heavy atom. The molecular weight excluding hydrogens is 229 g/mol. The third-order valence-corrected chi connectivity index (χ3v) is 2.94. The Bertz CT molecular complexity index is 759. The lowest BCUT2D eigenvalue weighted by Crippen LogP contribution is -1.99. The van der Waals surface area contributed by atoms with Gasteiger partial charge in [-0.2, -0.15) is 0 Å². The molecule has 0 saturated heterocycles. The van der Waals surface area contributed by atoms with Gasteiger partial charge in [0, 0.05) is 23.2 Å². The van der Waals surface area contributed by atoms with E-state index in [0.29, 0.717) is 5.39 Å². The Kier molecular flexibility index (Phi) is 2.45. The molecule has 0 radical (unpaired) electrons. The molecule has 3 heteroatoms. The summed E-state index contributed by atoms with van der Waals surface area (Å²) in [6.45, 7) is 0. The molecule has 0 fully saturated rings. The van der Waals surface area contributed by atoms with E-state index in [4.69, 9.17) is 0 Å². The number of halogens is 1. The molecule has 3 rings (SSSR count). The molecular formula is C15H10FNO. The van der Waals surface area contributed by atoms with Crippen LogP contribution in [0.5, 0.6) is 0 Å². The molecule has 3 aromatic rings. The standard InChI is InChI=1S/C15H10FNO/c16-12-4-1-10(2-5-12)11-3-6-14-13(9-11)15(18)7-8-17-14/h1-9H,(H,17,18). The van der Waals surface area contributed by atoms with Gasteiger partial charge in [-0.25, -0.2) is 4.39 Å². The van der Waals surface area contributed by atoms with Crippen molar-refractivity contribution in [2.75, 3.05) is 0 Å². The lowest BCUT2D eigenvalue weighted by Gasteiger charge is -2.03. The quantitative estimate of drug-likeness (QED) is 0.694. The first-order valence-corrected chi connectivity index (χ1v) is 5.61. The second kappa shape index (κ2) is 4.11. The normalized spacial score (nSPS) is 10.7. The SMILES string of the molecule is O=c1cc[nH]c2ccc(-c3ccc(F)cc3)cc12. The first-order valence-electron chi connectivity index (χ1n) is 5.61. The van der Waals surface area contributed by atoms with Crippen LogP contribution in [0.3, 0.4) is 0 Å². The molecule has 1 N–H and O–H groups in total. The Balaban J connectivity index is 2.22. The van der Waals surface area contributed by atoms with Crippen LogP contribution in [-0.4, -0.2) is 4.98 Å². The molecule has 0 aliphatic heterocycles. The van der Waals surface area contributed by atoms with Gasteiger partial charge in [-0.15, -0.1) is 0 Å². The molecule has 2 aromatic carbocycles. The van der Waals surface area contributed by atoms with Crippen LogP contribution in [-0.2, 0) is 0 Å². The van der Waals surface area contributed by atoms with Crippen LogP contribution >= 0.6 is 0 Å². The van der Waals surface area contributed by atoms with E-state index in [1.807, 2.05) is 18.2 Å². The molecule has 1 aromatic heterocycles. The van der Waals surface area contributed by atoms with E-state index < -0.39 is 0 Å². The maximum atomic E-state index is 12.9. The molecule has 0 aliphatic rings. The summed E-state index contributed by atoms with van der Waals surface area (Å²) in [6, 6.07) is 13.3. The zero-order valence-electron chi connectivity index (χ0n) is 9.48. The Morgan fingerprint density at radius 2 is 1.61 bits per heavy atom. The van der Waals surface area contributed by atoms with Crippen LogP contribution in [0, 0.1) is 5.82 Å². The molecule has 0 atom stereocenters. The first-order chi connectivity index (χ1) is 8.74. The van der Waals surface area contributed by atoms with E-state index in [1.165, 1.54) is 18.2 Å². The highest BCUT2D eigenvalue weighted by molar-refractivity contribution is 5.84. The fourth-order valence-corrected chi connectivity index (χ4v) is 1.99. The number of benzene rings is 2. The Labute approximate surface area is 103 Å². The van der Waals surface area contributed by atoms with Gasteiger partial charge in [0.25, 0.3) is 0 Å². The van der Waals surface area contributed by atoms with Crippen molar-refractivity contribution in [3.8, 4) is 11.1 Å². The molecule has 2 nitrogen and oxygen atoms in total. The van der Waals surface area contributed by atoms with E-state index in [-0.39, 0.29) is 11.2 Å². The summed E-state index contributed by atoms with van der Waals surface area (Å²) in [5.41, 5.74) is 2.57. The second-order valence-electron chi connectivity index (χ2n) is 4.11. The van der Waals surface area contributed by atoms with E-state index in [2.05, 4.69) is 4.98 Å². The minimum Gasteiger partial charge on any atom is -0.361 e. The van der Waals surface area contributed by atoms with Gasteiger partial charge in [0.1, 0.15) is 5.82 Å². The van der Waals surface area contributed by atoms with Crippen LogP contribution in [0.15, 0.2) is 59.5 Å². The highest BCUT2D eigenvalue weighted by atomic mass is 19.1. The topological polar surface area (TPSA) is 32.9 Å². The molecule has 18 heavy (non-hydrogen) atoms. The van der Waals surface area contributed by atoms with Gasteiger partial charge < -0.3 is 4.98 Å². The van der Waals surface area contributed by atoms with Crippen LogP contribution in [0.25, 0.3) is 22.0 Å². The number of fused-ring (bicyclic) bond motifs is 1. The lowest BCUT2D eigenvalue weighted by atomic mass is 10.0. The molecule has 88 valence electrons. The van der Waals surface area contributed by atoms with Crippen molar-refractivity contribution in [1.82, 2.24) is 4.98 Å². The van der Waals surface area contributed by atoms with Crippen molar-refractivity contribution < 1.29 is 4.39 Å². The third kappa shape index (κ3) is 1.80. The second-order valence-corrected chi connectivity index (χ2v) is 4.11. The monoisotopic (exact) mass is 239 g/mol. The van der Waals surface area contributed by atoms with E-state index in [9.17, 15) is 9.18 Å². The van der Waals surface area contributed by atoms with Crippen LogP contribution in [0.1, 0.15) is 0 Å². The highest BCUT2D eigenvalue weighted by Crippen LogP contribution is 2.22. The Hall–Kier alpha value is -2.42. The number of hydrogen-bond donors (Lipinski definition) is 1. The van der Waals surface area contributed by atoms with Crippen LogP contribution in [0.4, 0.5) is 4.39 Å². The number of H-pyrrole nitrogens is 1. The minimum absolute atomic E-state index is 0.0206. The zero-order chi connectivity index (χ0) is 12.5. The number of pyridine rings is 1. The van der Waals surface area contributed by atoms with Crippen LogP contribution < -0.4 is 5.43 Å². The zero-order valence-corrected chi connectivity index (χ0v) is 9.48. The fourth-order valence-electron chi connectivity index (χ4n) is 1.99. The van der Waals surface area contributed by atoms with Crippen molar-refractivity contribution >= 4 is 10.9 Å². The largest absolute Gasteiger partial charge is 0.361 e. The predicted molar refractivity (Wildman–Crippen MR) is 70.0 cm³/mol. The summed E-state index contributed by atoms with van der Waals surface area (Å²) in [7, 11) is 0. The number of rotatable bonds is 1. The van der Waals surface area contributed by atoms with Gasteiger partial charge in [-0.05, 0) is 35.4 Å². The fraction of sp³-hybridized carbons (Fsp3) is 0. The smallest absolute Gasteiger partial charge is 0.189 e. The number of hydrogen-bond acceptors (Lipinski definition) is 1. The molecule has 0 aliphatic carbocycles. The number of nitrogens with one attached hydrogen (secondary N) is 1. The summed E-state index contributed by atoms with van der Waals surface area (Å²) in [5, 5.41) is 0.638. The van der Waals surface area contributed by atoms with Crippen molar-refractivity contribution in [3.05, 3.63) is 70.8 Å². The summed E-state index contributed by atoms with van der Waals surface area (Å²) >= 11 is 0. The number of aromatic nitrogens is 1. The highest BCUT2D eigenvalue weighted by Gasteiger charge is 2.02. The average Bonchev–Trinajstić information content (AvgIpc) is 2.40. The van der Waals surface area contributed by atoms with Crippen molar-refractivity contribution in [1.29, 1.82) is 0 Å². The van der Waals surface area contributed by atoms with Gasteiger partial charge in [0.05, 0.1) is 0 Å². The van der Waals surface area contributed by atoms with Crippen LogP contribution in [0.2, 0.25) is 0 Å². The third-order valence-electron chi connectivity index (χ3n) is 2.94. The van der Waals surface area contributed by atoms with E-state index in [1.54, 1.807) is 18.3 Å². The van der Waals surface area contributed by atoms with Gasteiger partial charge >= 0.3 is 0 Å². The summed E-state index contributed by atoms with van der Waals surface area (Å²) in [4.78, 5) is 14.8. The summed E-state index contributed by atoms with van der Waals surface area (Å²) in [5.74, 6) is -0.266. The Morgan fingerprint density at radius 3 is 2.39 bits per heavy atom. The van der Waals surface area contributed by atoms with Gasteiger partial charge in [-0.3, -0.25) is 4.79 Å². The maximum Gasteiger partial charge on any atom is 0.189 e. The number of aromatic amines is 1. The van der Waals surface area contributed by atoms with E-state index in [0.717, 1.165) is 16.6 Å². The minimum atomic E-state index is -0.266. The van der Waals surface area contributed by atoms with Crippen molar-refractivity contribution in [3.63, 3.8) is 0 Å². The average molecular weight is 239 g/mol. The molecule has 0 bridgehead atoms. The van der Waals surface area contributed by atoms with E-state index >= 15 is 0 Å². The van der Waals surface area contributed by atoms with Gasteiger partial charge in [-0.1, -0.05) is 18.2 Å². The molecule has 1 heterocycles. The molecule has 0 spiro atoms. The predicted octanol–water partition coefficient (Wildman–Crippen LogP) is 3.33. The lowest BCUT2D eigenvalue weighted by molar-refractivity contribution is 0.628. The molecule has 0 unspecified atom stereocenters. The summed E-state index contributed by atoms with van der Waals surface area (Å²) < 4.78 is 12.9. The molecule has 0 amide bonds. The molecule has 0 saturated carbocycles. The first kappa shape index (κ1) is 10.7. The van der Waals surface area contributed by atoms with Gasteiger partial charge in [0.15, 0.2) is 5.43 Å². The maximum absolute atomic E-state index is 12.9. The summed E-state index contributed by atoms with van der Waals surface area (Å²) in [6.07, 6.45) is 1.63. The van der Waals surface area contributed by atoms with Crippen molar-refractivity contribution in [2.24, 2.45) is 0 Å².